The van der Waals surface area contributed by atoms with E-state index < -0.39 is 0 Å². The van der Waals surface area contributed by atoms with Crippen LogP contribution in [0.2, 0.25) is 5.02 Å². The molecule has 26 heavy (non-hydrogen) atoms. The molecule has 0 bridgehead atoms. The van der Waals surface area contributed by atoms with Crippen LogP contribution in [0.1, 0.15) is 24.8 Å². The van der Waals surface area contributed by atoms with Crippen LogP contribution in [-0.2, 0) is 13.0 Å². The van der Waals surface area contributed by atoms with E-state index in [4.69, 9.17) is 11.6 Å². The van der Waals surface area contributed by atoms with Crippen molar-refractivity contribution >= 4 is 11.6 Å². The molecule has 3 rings (SSSR count). The zero-order chi connectivity index (χ0) is 18.2. The van der Waals surface area contributed by atoms with Gasteiger partial charge in [-0.05, 0) is 75.5 Å². The van der Waals surface area contributed by atoms with Crippen molar-refractivity contribution in [1.29, 1.82) is 0 Å². The molecular formula is C21H31ClN4. The minimum Gasteiger partial charge on any atom is -0.306 e. The molecule has 2 aromatic rings. The Morgan fingerprint density at radius 2 is 2.08 bits per heavy atom. The summed E-state index contributed by atoms with van der Waals surface area (Å²) in [5.74, 6) is 0.795. The van der Waals surface area contributed by atoms with Gasteiger partial charge in [0.25, 0.3) is 0 Å². The van der Waals surface area contributed by atoms with Crippen molar-refractivity contribution in [3.8, 4) is 0 Å². The third kappa shape index (κ3) is 6.42. The Labute approximate surface area is 162 Å². The third-order valence-electron chi connectivity index (χ3n) is 5.29. The number of hydrogen-bond donors (Lipinski definition) is 0. The maximum atomic E-state index is 5.97. The van der Waals surface area contributed by atoms with Gasteiger partial charge in [-0.2, -0.15) is 5.10 Å². The summed E-state index contributed by atoms with van der Waals surface area (Å²) in [5.41, 5.74) is 1.38. The molecule has 0 spiro atoms. The summed E-state index contributed by atoms with van der Waals surface area (Å²) in [5, 5.41) is 5.09. The molecule has 2 heterocycles. The Bertz CT molecular complexity index is 626. The van der Waals surface area contributed by atoms with Crippen LogP contribution in [0.25, 0.3) is 0 Å². The predicted molar refractivity (Wildman–Crippen MR) is 109 cm³/mol. The van der Waals surface area contributed by atoms with Crippen molar-refractivity contribution in [3.63, 3.8) is 0 Å². The first-order valence-electron chi connectivity index (χ1n) is 9.82. The lowest BCUT2D eigenvalue weighted by Gasteiger charge is -2.34. The minimum atomic E-state index is 0.795. The molecule has 0 N–H and O–H groups in total. The first-order valence-corrected chi connectivity index (χ1v) is 10.2. The lowest BCUT2D eigenvalue weighted by molar-refractivity contribution is 0.143. The summed E-state index contributed by atoms with van der Waals surface area (Å²) in [4.78, 5) is 5.14. The maximum Gasteiger partial charge on any atom is 0.0489 e. The highest BCUT2D eigenvalue weighted by molar-refractivity contribution is 6.30. The van der Waals surface area contributed by atoms with Gasteiger partial charge in [-0.15, -0.1) is 0 Å². The Morgan fingerprint density at radius 3 is 2.85 bits per heavy atom. The number of likely N-dealkylation sites (tertiary alicyclic amines) is 1. The van der Waals surface area contributed by atoms with Crippen molar-refractivity contribution in [2.45, 2.75) is 32.2 Å². The largest absolute Gasteiger partial charge is 0.306 e. The Hall–Kier alpha value is -1.36. The fourth-order valence-corrected chi connectivity index (χ4v) is 4.04. The molecule has 1 aromatic carbocycles. The second-order valence-electron chi connectivity index (χ2n) is 7.57. The van der Waals surface area contributed by atoms with Gasteiger partial charge in [0, 0.05) is 43.6 Å². The van der Waals surface area contributed by atoms with Crippen LogP contribution < -0.4 is 0 Å². The summed E-state index contributed by atoms with van der Waals surface area (Å²) < 4.78 is 2.02. The van der Waals surface area contributed by atoms with Crippen molar-refractivity contribution in [2.75, 3.05) is 39.8 Å². The van der Waals surface area contributed by atoms with Crippen LogP contribution in [0, 0.1) is 5.92 Å². The number of aryl methyl sites for hydroxylation is 1. The number of hydrogen-bond acceptors (Lipinski definition) is 3. The fourth-order valence-electron chi connectivity index (χ4n) is 3.91. The van der Waals surface area contributed by atoms with Gasteiger partial charge in [0.1, 0.15) is 0 Å². The van der Waals surface area contributed by atoms with E-state index in [0.717, 1.165) is 43.4 Å². The van der Waals surface area contributed by atoms with Crippen molar-refractivity contribution in [2.24, 2.45) is 5.92 Å². The van der Waals surface area contributed by atoms with Gasteiger partial charge in [0.15, 0.2) is 0 Å². The SMILES string of the molecule is CN(CCCn1cccn1)C[C@H]1CCCN(CCc2ccc(Cl)cc2)C1. The summed E-state index contributed by atoms with van der Waals surface area (Å²) in [7, 11) is 2.26. The molecule has 0 radical (unpaired) electrons. The van der Waals surface area contributed by atoms with Crippen LogP contribution in [0.3, 0.4) is 0 Å². The van der Waals surface area contributed by atoms with E-state index in [9.17, 15) is 0 Å². The molecule has 4 nitrogen and oxygen atoms in total. The summed E-state index contributed by atoms with van der Waals surface area (Å²) >= 11 is 5.97. The summed E-state index contributed by atoms with van der Waals surface area (Å²) in [6.07, 6.45) is 8.85. The molecule has 1 saturated heterocycles. The lowest BCUT2D eigenvalue weighted by Crippen LogP contribution is -2.41. The molecule has 0 saturated carbocycles. The van der Waals surface area contributed by atoms with Crippen molar-refractivity contribution in [1.82, 2.24) is 19.6 Å². The molecule has 142 valence electrons. The number of rotatable bonds is 9. The van der Waals surface area contributed by atoms with Crippen LogP contribution in [0.4, 0.5) is 0 Å². The highest BCUT2D eigenvalue weighted by atomic mass is 35.5. The molecule has 0 unspecified atom stereocenters. The van der Waals surface area contributed by atoms with E-state index in [1.807, 2.05) is 35.3 Å². The summed E-state index contributed by atoms with van der Waals surface area (Å²) in [6, 6.07) is 10.3. The quantitative estimate of drug-likeness (QED) is 0.667. The first kappa shape index (κ1) is 19.4. The highest BCUT2D eigenvalue weighted by Crippen LogP contribution is 2.18. The average Bonchev–Trinajstić information content (AvgIpc) is 3.15. The van der Waals surface area contributed by atoms with Gasteiger partial charge in [0.2, 0.25) is 0 Å². The molecule has 1 fully saturated rings. The molecule has 0 aliphatic carbocycles. The molecule has 1 atom stereocenters. The Balaban J connectivity index is 1.35. The molecule has 5 heteroatoms. The monoisotopic (exact) mass is 374 g/mol. The summed E-state index contributed by atoms with van der Waals surface area (Å²) in [6.45, 7) is 6.98. The molecule has 1 aromatic heterocycles. The zero-order valence-corrected chi connectivity index (χ0v) is 16.6. The lowest BCUT2D eigenvalue weighted by atomic mass is 9.97. The number of nitrogens with zero attached hydrogens (tertiary/aromatic N) is 4. The number of benzene rings is 1. The molecule has 1 aliphatic heterocycles. The van der Waals surface area contributed by atoms with Gasteiger partial charge in [0.05, 0.1) is 0 Å². The number of halogens is 1. The standard InChI is InChI=1S/C21H31ClN4/c1-24(12-4-15-26-14-3-11-23-26)17-20-5-2-13-25(18-20)16-10-19-6-8-21(22)9-7-19/h3,6-9,11,14,20H,2,4-5,10,12-13,15-18H2,1H3/t20-/m1/s1. The Kier molecular flexibility index (Phi) is 7.54. The molecular weight excluding hydrogens is 344 g/mol. The molecule has 0 amide bonds. The molecule has 1 aliphatic rings. The smallest absolute Gasteiger partial charge is 0.0489 e. The topological polar surface area (TPSA) is 24.3 Å². The second-order valence-corrected chi connectivity index (χ2v) is 8.01. The van der Waals surface area contributed by atoms with E-state index in [0.29, 0.717) is 0 Å². The predicted octanol–water partition coefficient (Wildman–Crippen LogP) is 3.81. The maximum absolute atomic E-state index is 5.97. The zero-order valence-electron chi connectivity index (χ0n) is 15.9. The normalized spacial score (nSPS) is 18.5. The van der Waals surface area contributed by atoms with Crippen LogP contribution >= 0.6 is 11.6 Å². The second kappa shape index (κ2) is 10.1. The van der Waals surface area contributed by atoms with Gasteiger partial charge in [-0.25, -0.2) is 0 Å². The van der Waals surface area contributed by atoms with E-state index in [2.05, 4.69) is 34.1 Å². The van der Waals surface area contributed by atoms with E-state index in [1.165, 1.54) is 38.0 Å². The van der Waals surface area contributed by atoms with Gasteiger partial charge in [-0.1, -0.05) is 23.7 Å². The van der Waals surface area contributed by atoms with Crippen LogP contribution in [0.5, 0.6) is 0 Å². The first-order chi connectivity index (χ1) is 12.7. The van der Waals surface area contributed by atoms with Crippen molar-refractivity contribution < 1.29 is 0 Å². The highest BCUT2D eigenvalue weighted by Gasteiger charge is 2.20. The number of piperidine rings is 1. The average molecular weight is 375 g/mol. The van der Waals surface area contributed by atoms with Crippen molar-refractivity contribution in [3.05, 3.63) is 53.3 Å². The minimum absolute atomic E-state index is 0.795. The fraction of sp³-hybridized carbons (Fsp3) is 0.571. The third-order valence-corrected chi connectivity index (χ3v) is 5.54. The van der Waals surface area contributed by atoms with E-state index in [-0.39, 0.29) is 0 Å². The van der Waals surface area contributed by atoms with Crippen LogP contribution in [-0.4, -0.2) is 59.4 Å². The van der Waals surface area contributed by atoms with Gasteiger partial charge < -0.3 is 9.80 Å². The van der Waals surface area contributed by atoms with E-state index >= 15 is 0 Å². The Morgan fingerprint density at radius 1 is 1.23 bits per heavy atom. The van der Waals surface area contributed by atoms with Gasteiger partial charge >= 0.3 is 0 Å². The number of aromatic nitrogens is 2. The van der Waals surface area contributed by atoms with E-state index in [1.54, 1.807) is 0 Å². The van der Waals surface area contributed by atoms with Crippen LogP contribution in [0.15, 0.2) is 42.7 Å². The van der Waals surface area contributed by atoms with Gasteiger partial charge in [-0.3, -0.25) is 4.68 Å².